The van der Waals surface area contributed by atoms with Gasteiger partial charge in [0.15, 0.2) is 0 Å². The lowest BCUT2D eigenvalue weighted by Gasteiger charge is -2.40. The minimum absolute atomic E-state index is 0.0680. The van der Waals surface area contributed by atoms with E-state index in [0.29, 0.717) is 32.6 Å². The predicted molar refractivity (Wildman–Crippen MR) is 75.6 cm³/mol. The summed E-state index contributed by atoms with van der Waals surface area (Å²) in [6.45, 7) is 3.69. The minimum Gasteiger partial charge on any atom is -0.381 e. The molecule has 1 atom stereocenters. The monoisotopic (exact) mass is 310 g/mol. The summed E-state index contributed by atoms with van der Waals surface area (Å²) in [6, 6.07) is 0.0680. The van der Waals surface area contributed by atoms with E-state index in [1.54, 1.807) is 4.31 Å². The van der Waals surface area contributed by atoms with Crippen molar-refractivity contribution in [1.82, 2.24) is 9.03 Å². The standard InChI is InChI=1S/C12H23ClN2O3S/c1-11-4-2-3-7-15(11)19(16,17)14-12(10-13)5-8-18-9-6-12/h11,14H,2-10H2,1H3. The van der Waals surface area contributed by atoms with Crippen LogP contribution in [0.5, 0.6) is 0 Å². The Balaban J connectivity index is 2.10. The Hall–Kier alpha value is 0.120. The summed E-state index contributed by atoms with van der Waals surface area (Å²) in [5.74, 6) is 0.289. The Morgan fingerprint density at radius 1 is 1.37 bits per heavy atom. The van der Waals surface area contributed by atoms with Crippen molar-refractivity contribution < 1.29 is 13.2 Å². The van der Waals surface area contributed by atoms with Crippen molar-refractivity contribution in [2.75, 3.05) is 25.6 Å². The molecule has 1 unspecified atom stereocenters. The van der Waals surface area contributed by atoms with E-state index in [0.717, 1.165) is 19.3 Å². The smallest absolute Gasteiger partial charge is 0.280 e. The van der Waals surface area contributed by atoms with Crippen LogP contribution in [0.1, 0.15) is 39.0 Å². The second-order valence-electron chi connectivity index (χ2n) is 5.59. The zero-order valence-corrected chi connectivity index (χ0v) is 13.0. The van der Waals surface area contributed by atoms with Crippen LogP contribution in [0.3, 0.4) is 0 Å². The van der Waals surface area contributed by atoms with Crippen molar-refractivity contribution in [2.24, 2.45) is 0 Å². The van der Waals surface area contributed by atoms with Gasteiger partial charge in [-0.3, -0.25) is 0 Å². The molecule has 0 spiro atoms. The average molecular weight is 311 g/mol. The molecule has 0 aromatic heterocycles. The number of halogens is 1. The zero-order valence-electron chi connectivity index (χ0n) is 11.4. The van der Waals surface area contributed by atoms with E-state index < -0.39 is 15.7 Å². The Morgan fingerprint density at radius 3 is 2.63 bits per heavy atom. The SMILES string of the molecule is CC1CCCCN1S(=O)(=O)NC1(CCl)CCOCC1. The van der Waals surface area contributed by atoms with Crippen molar-refractivity contribution in [3.05, 3.63) is 0 Å². The van der Waals surface area contributed by atoms with Crippen LogP contribution in [-0.4, -0.2) is 49.9 Å². The van der Waals surface area contributed by atoms with Crippen molar-refractivity contribution in [3.63, 3.8) is 0 Å². The van der Waals surface area contributed by atoms with Crippen LogP contribution in [0.25, 0.3) is 0 Å². The molecule has 1 N–H and O–H groups in total. The minimum atomic E-state index is -3.46. The summed E-state index contributed by atoms with van der Waals surface area (Å²) in [5.41, 5.74) is -0.546. The van der Waals surface area contributed by atoms with Gasteiger partial charge in [-0.2, -0.15) is 17.4 Å². The molecule has 7 heteroatoms. The maximum atomic E-state index is 12.5. The fourth-order valence-electron chi connectivity index (χ4n) is 2.79. The van der Waals surface area contributed by atoms with Crippen LogP contribution in [0, 0.1) is 0 Å². The van der Waals surface area contributed by atoms with E-state index in [2.05, 4.69) is 4.72 Å². The molecule has 2 fully saturated rings. The lowest BCUT2D eigenvalue weighted by Crippen LogP contribution is -2.59. The maximum Gasteiger partial charge on any atom is 0.280 e. The first kappa shape index (κ1) is 15.5. The Bertz CT molecular complexity index is 396. The van der Waals surface area contributed by atoms with Crippen molar-refractivity contribution in [3.8, 4) is 0 Å². The van der Waals surface area contributed by atoms with Crippen molar-refractivity contribution >= 4 is 21.8 Å². The summed E-state index contributed by atoms with van der Waals surface area (Å²) in [7, 11) is -3.46. The number of ether oxygens (including phenoxy) is 1. The fraction of sp³-hybridized carbons (Fsp3) is 1.00. The Morgan fingerprint density at radius 2 is 2.05 bits per heavy atom. The van der Waals surface area contributed by atoms with Gasteiger partial charge < -0.3 is 4.74 Å². The molecule has 0 amide bonds. The van der Waals surface area contributed by atoms with Crippen LogP contribution in [0.2, 0.25) is 0 Å². The van der Waals surface area contributed by atoms with Crippen LogP contribution in [-0.2, 0) is 14.9 Å². The highest BCUT2D eigenvalue weighted by molar-refractivity contribution is 7.87. The fourth-order valence-corrected chi connectivity index (χ4v) is 5.09. The largest absolute Gasteiger partial charge is 0.381 e. The Kier molecular flexibility index (Phi) is 5.11. The first-order valence-corrected chi connectivity index (χ1v) is 8.91. The quantitative estimate of drug-likeness (QED) is 0.800. The van der Waals surface area contributed by atoms with Gasteiger partial charge in [-0.1, -0.05) is 6.42 Å². The van der Waals surface area contributed by atoms with Gasteiger partial charge in [0.25, 0.3) is 10.2 Å². The Labute approximate surface area is 120 Å². The number of alkyl halides is 1. The molecule has 0 aromatic carbocycles. The molecule has 5 nitrogen and oxygen atoms in total. The normalized spacial score (nSPS) is 29.3. The molecule has 2 aliphatic rings. The number of hydrogen-bond donors (Lipinski definition) is 1. The van der Waals surface area contributed by atoms with Crippen molar-refractivity contribution in [2.45, 2.75) is 50.6 Å². The van der Waals surface area contributed by atoms with E-state index >= 15 is 0 Å². The molecule has 0 bridgehead atoms. The van der Waals surface area contributed by atoms with Gasteiger partial charge in [-0.05, 0) is 32.6 Å². The summed E-state index contributed by atoms with van der Waals surface area (Å²) < 4.78 is 34.8. The number of hydrogen-bond acceptors (Lipinski definition) is 3. The van der Waals surface area contributed by atoms with Gasteiger partial charge in [0.05, 0.1) is 5.54 Å². The highest BCUT2D eigenvalue weighted by Gasteiger charge is 2.39. The first-order valence-electron chi connectivity index (χ1n) is 6.94. The van der Waals surface area contributed by atoms with Gasteiger partial charge >= 0.3 is 0 Å². The van der Waals surface area contributed by atoms with Gasteiger partial charge in [-0.15, -0.1) is 11.6 Å². The molecule has 112 valence electrons. The number of nitrogens with one attached hydrogen (secondary N) is 1. The topological polar surface area (TPSA) is 58.6 Å². The van der Waals surface area contributed by atoms with Crippen LogP contribution >= 0.6 is 11.6 Å². The summed E-state index contributed by atoms with van der Waals surface area (Å²) in [4.78, 5) is 0. The van der Waals surface area contributed by atoms with E-state index in [4.69, 9.17) is 16.3 Å². The summed E-state index contributed by atoms with van der Waals surface area (Å²) in [6.07, 6.45) is 4.23. The maximum absolute atomic E-state index is 12.5. The highest BCUT2D eigenvalue weighted by Crippen LogP contribution is 2.26. The summed E-state index contributed by atoms with van der Waals surface area (Å²) in [5, 5.41) is 0. The molecule has 2 saturated heterocycles. The first-order chi connectivity index (χ1) is 8.99. The van der Waals surface area contributed by atoms with Gasteiger partial charge in [-0.25, -0.2) is 0 Å². The molecule has 2 rings (SSSR count). The van der Waals surface area contributed by atoms with E-state index in [9.17, 15) is 8.42 Å². The number of nitrogens with zero attached hydrogens (tertiary/aromatic N) is 1. The van der Waals surface area contributed by atoms with E-state index in [1.807, 2.05) is 6.92 Å². The molecular weight excluding hydrogens is 288 g/mol. The molecular formula is C12H23ClN2O3S. The molecule has 0 saturated carbocycles. The second kappa shape index (κ2) is 6.26. The molecule has 2 aliphatic heterocycles. The average Bonchev–Trinajstić information content (AvgIpc) is 2.39. The lowest BCUT2D eigenvalue weighted by molar-refractivity contribution is 0.0539. The van der Waals surface area contributed by atoms with Crippen LogP contribution in [0.15, 0.2) is 0 Å². The van der Waals surface area contributed by atoms with Gasteiger partial charge in [0.1, 0.15) is 0 Å². The highest BCUT2D eigenvalue weighted by atomic mass is 35.5. The zero-order chi connectivity index (χ0) is 13.9. The van der Waals surface area contributed by atoms with Crippen LogP contribution in [0.4, 0.5) is 0 Å². The van der Waals surface area contributed by atoms with E-state index in [-0.39, 0.29) is 11.9 Å². The number of piperidine rings is 1. The number of rotatable bonds is 4. The van der Waals surface area contributed by atoms with Gasteiger partial charge in [0.2, 0.25) is 0 Å². The second-order valence-corrected chi connectivity index (χ2v) is 7.48. The van der Waals surface area contributed by atoms with Gasteiger partial charge in [0, 0.05) is 31.7 Å². The molecule has 19 heavy (non-hydrogen) atoms. The molecule has 0 aromatic rings. The molecule has 0 radical (unpaired) electrons. The van der Waals surface area contributed by atoms with E-state index in [1.165, 1.54) is 0 Å². The van der Waals surface area contributed by atoms with Crippen molar-refractivity contribution in [1.29, 1.82) is 0 Å². The van der Waals surface area contributed by atoms with Crippen LogP contribution < -0.4 is 4.72 Å². The molecule has 0 aliphatic carbocycles. The third kappa shape index (κ3) is 3.61. The third-order valence-corrected chi connectivity index (χ3v) is 6.46. The summed E-state index contributed by atoms with van der Waals surface area (Å²) >= 11 is 6.02. The third-order valence-electron chi connectivity index (χ3n) is 4.10. The molecule has 2 heterocycles. The lowest BCUT2D eigenvalue weighted by atomic mass is 9.94. The predicted octanol–water partition coefficient (Wildman–Crippen LogP) is 1.48.